The van der Waals surface area contributed by atoms with Crippen LogP contribution in [-0.2, 0) is 11.2 Å². The summed E-state index contributed by atoms with van der Waals surface area (Å²) in [5.74, 6) is 0.374. The Morgan fingerprint density at radius 2 is 1.92 bits per heavy atom. The minimum absolute atomic E-state index is 0.0549. The molecular formula is C20H26N3O2+. The van der Waals surface area contributed by atoms with Crippen molar-refractivity contribution in [3.63, 3.8) is 0 Å². The van der Waals surface area contributed by atoms with Crippen LogP contribution in [0.1, 0.15) is 12.5 Å². The van der Waals surface area contributed by atoms with Gasteiger partial charge in [0.1, 0.15) is 5.75 Å². The fraction of sp³-hybridized carbons (Fsp3) is 0.350. The molecule has 2 aromatic rings. The lowest BCUT2D eigenvalue weighted by Crippen LogP contribution is -3.15. The van der Waals surface area contributed by atoms with Gasteiger partial charge in [0.25, 0.3) is 5.91 Å². The lowest BCUT2D eigenvalue weighted by Gasteiger charge is -2.33. The Morgan fingerprint density at radius 3 is 2.64 bits per heavy atom. The van der Waals surface area contributed by atoms with E-state index in [4.69, 9.17) is 0 Å². The fourth-order valence-corrected chi connectivity index (χ4v) is 3.27. The molecule has 1 aliphatic heterocycles. The Morgan fingerprint density at radius 1 is 1.16 bits per heavy atom. The van der Waals surface area contributed by atoms with Crippen molar-refractivity contribution in [3.8, 4) is 5.75 Å². The van der Waals surface area contributed by atoms with Crippen molar-refractivity contribution < 1.29 is 14.8 Å². The molecule has 1 fully saturated rings. The minimum atomic E-state index is 0.0549. The number of hydrogen-bond acceptors (Lipinski definition) is 3. The number of hydrogen-bond donors (Lipinski definition) is 3. The standard InChI is InChI=1S/C20H25N3O2/c1-2-16-6-5-7-17(14-16)21-20(25)15-22-10-12-23(13-11-22)18-8-3-4-9-19(18)24/h3-9,14,24H,2,10-13,15H2,1H3,(H,21,25)/p+1. The molecule has 0 saturated carbocycles. The van der Waals surface area contributed by atoms with Crippen molar-refractivity contribution in [2.45, 2.75) is 13.3 Å². The number of para-hydroxylation sites is 2. The first-order valence-electron chi connectivity index (χ1n) is 8.91. The largest absolute Gasteiger partial charge is 0.506 e. The molecule has 0 atom stereocenters. The van der Waals surface area contributed by atoms with Gasteiger partial charge in [-0.3, -0.25) is 4.79 Å². The van der Waals surface area contributed by atoms with E-state index in [-0.39, 0.29) is 5.91 Å². The number of benzene rings is 2. The average molecular weight is 340 g/mol. The zero-order valence-electron chi connectivity index (χ0n) is 14.7. The van der Waals surface area contributed by atoms with Crippen molar-refractivity contribution in [2.75, 3.05) is 42.9 Å². The van der Waals surface area contributed by atoms with Crippen LogP contribution in [0.5, 0.6) is 5.75 Å². The van der Waals surface area contributed by atoms with Crippen LogP contribution in [-0.4, -0.2) is 43.7 Å². The van der Waals surface area contributed by atoms with Crippen LogP contribution in [0.4, 0.5) is 11.4 Å². The van der Waals surface area contributed by atoms with Gasteiger partial charge in [-0.1, -0.05) is 31.2 Å². The number of rotatable bonds is 5. The zero-order valence-corrected chi connectivity index (χ0v) is 14.7. The third kappa shape index (κ3) is 4.51. The van der Waals surface area contributed by atoms with Crippen LogP contribution in [0.2, 0.25) is 0 Å². The van der Waals surface area contributed by atoms with Crippen molar-refractivity contribution >= 4 is 17.3 Å². The summed E-state index contributed by atoms with van der Waals surface area (Å²) in [6.45, 7) is 6.03. The number of phenols is 1. The van der Waals surface area contributed by atoms with Crippen LogP contribution in [0, 0.1) is 0 Å². The summed E-state index contributed by atoms with van der Waals surface area (Å²) in [5.41, 5.74) is 2.97. The van der Waals surface area contributed by atoms with E-state index in [9.17, 15) is 9.90 Å². The summed E-state index contributed by atoms with van der Waals surface area (Å²) in [4.78, 5) is 15.8. The normalized spacial score (nSPS) is 15.2. The summed E-state index contributed by atoms with van der Waals surface area (Å²) in [7, 11) is 0. The Kier molecular flexibility index (Phi) is 5.56. The molecule has 0 spiro atoms. The molecule has 1 heterocycles. The van der Waals surface area contributed by atoms with Crippen LogP contribution >= 0.6 is 0 Å². The Labute approximate surface area is 148 Å². The molecule has 0 unspecified atom stereocenters. The van der Waals surface area contributed by atoms with Gasteiger partial charge in [0.05, 0.1) is 31.9 Å². The highest BCUT2D eigenvalue weighted by Gasteiger charge is 2.23. The number of quaternary nitrogens is 1. The van der Waals surface area contributed by atoms with Gasteiger partial charge in [0.15, 0.2) is 6.54 Å². The number of nitrogens with zero attached hydrogens (tertiary/aromatic N) is 1. The van der Waals surface area contributed by atoms with Gasteiger partial charge in [-0.05, 0) is 36.2 Å². The molecule has 3 rings (SSSR count). The number of amides is 1. The molecule has 1 amide bonds. The monoisotopic (exact) mass is 340 g/mol. The highest BCUT2D eigenvalue weighted by molar-refractivity contribution is 5.91. The first kappa shape index (κ1) is 17.3. The number of anilines is 2. The van der Waals surface area contributed by atoms with Gasteiger partial charge in [0.2, 0.25) is 0 Å². The fourth-order valence-electron chi connectivity index (χ4n) is 3.27. The highest BCUT2D eigenvalue weighted by atomic mass is 16.3. The second kappa shape index (κ2) is 8.03. The maximum atomic E-state index is 12.3. The van der Waals surface area contributed by atoms with Crippen LogP contribution in [0.25, 0.3) is 0 Å². The third-order valence-corrected chi connectivity index (χ3v) is 4.72. The molecule has 132 valence electrons. The highest BCUT2D eigenvalue weighted by Crippen LogP contribution is 2.25. The lowest BCUT2D eigenvalue weighted by molar-refractivity contribution is -0.892. The van der Waals surface area contributed by atoms with E-state index in [1.54, 1.807) is 6.07 Å². The zero-order chi connectivity index (χ0) is 17.6. The molecule has 0 aromatic heterocycles. The van der Waals surface area contributed by atoms with Gasteiger partial charge in [0, 0.05) is 5.69 Å². The number of carbonyl (C=O) groups is 1. The molecule has 0 aliphatic carbocycles. The van der Waals surface area contributed by atoms with Crippen molar-refractivity contribution in [2.24, 2.45) is 0 Å². The maximum Gasteiger partial charge on any atom is 0.279 e. The summed E-state index contributed by atoms with van der Waals surface area (Å²) < 4.78 is 0. The van der Waals surface area contributed by atoms with Gasteiger partial charge in [-0.15, -0.1) is 0 Å². The van der Waals surface area contributed by atoms with E-state index in [0.29, 0.717) is 12.3 Å². The van der Waals surface area contributed by atoms with Crippen LogP contribution in [0.3, 0.4) is 0 Å². The van der Waals surface area contributed by atoms with Gasteiger partial charge in [-0.2, -0.15) is 0 Å². The summed E-state index contributed by atoms with van der Waals surface area (Å²) in [6, 6.07) is 15.4. The SMILES string of the molecule is CCc1cccc(NC(=O)C[NH+]2CCN(c3ccccc3O)CC2)c1. The van der Waals surface area contributed by atoms with E-state index < -0.39 is 0 Å². The first-order chi connectivity index (χ1) is 12.2. The Bertz CT molecular complexity index is 724. The van der Waals surface area contributed by atoms with Gasteiger partial charge in [-0.25, -0.2) is 0 Å². The lowest BCUT2D eigenvalue weighted by atomic mass is 10.1. The molecule has 0 radical (unpaired) electrons. The molecule has 0 bridgehead atoms. The molecule has 1 aliphatic rings. The quantitative estimate of drug-likeness (QED) is 0.769. The Balaban J connectivity index is 1.50. The van der Waals surface area contributed by atoms with Crippen molar-refractivity contribution in [1.29, 1.82) is 0 Å². The molecule has 1 saturated heterocycles. The molecule has 2 aromatic carbocycles. The molecular weight excluding hydrogens is 314 g/mol. The number of aryl methyl sites for hydroxylation is 1. The minimum Gasteiger partial charge on any atom is -0.506 e. The Hall–Kier alpha value is -2.53. The predicted molar refractivity (Wildman–Crippen MR) is 100 cm³/mol. The number of piperazine rings is 1. The van der Waals surface area contributed by atoms with E-state index >= 15 is 0 Å². The molecule has 25 heavy (non-hydrogen) atoms. The molecule has 5 heteroatoms. The number of nitrogens with one attached hydrogen (secondary N) is 2. The van der Waals surface area contributed by atoms with Crippen molar-refractivity contribution in [3.05, 3.63) is 54.1 Å². The summed E-state index contributed by atoms with van der Waals surface area (Å²) in [5, 5.41) is 13.0. The first-order valence-corrected chi connectivity index (χ1v) is 8.91. The van der Waals surface area contributed by atoms with E-state index in [1.165, 1.54) is 10.5 Å². The van der Waals surface area contributed by atoms with Crippen LogP contribution < -0.4 is 15.1 Å². The van der Waals surface area contributed by atoms with Crippen molar-refractivity contribution in [1.82, 2.24) is 0 Å². The van der Waals surface area contributed by atoms with Crippen LogP contribution in [0.15, 0.2) is 48.5 Å². The van der Waals surface area contributed by atoms with E-state index in [2.05, 4.69) is 23.2 Å². The van der Waals surface area contributed by atoms with E-state index in [0.717, 1.165) is 44.0 Å². The maximum absolute atomic E-state index is 12.3. The van der Waals surface area contributed by atoms with E-state index in [1.807, 2.05) is 36.4 Å². The molecule has 3 N–H and O–H groups in total. The summed E-state index contributed by atoms with van der Waals surface area (Å²) in [6.07, 6.45) is 0.962. The number of phenolic OH excluding ortho intramolecular Hbond substituents is 1. The smallest absolute Gasteiger partial charge is 0.279 e. The second-order valence-electron chi connectivity index (χ2n) is 6.50. The topological polar surface area (TPSA) is 57.0 Å². The van der Waals surface area contributed by atoms with Gasteiger partial charge >= 0.3 is 0 Å². The molecule has 5 nitrogen and oxygen atoms in total. The van der Waals surface area contributed by atoms with Gasteiger partial charge < -0.3 is 20.2 Å². The predicted octanol–water partition coefficient (Wildman–Crippen LogP) is 1.30. The summed E-state index contributed by atoms with van der Waals surface area (Å²) >= 11 is 0. The third-order valence-electron chi connectivity index (χ3n) is 4.72. The number of aromatic hydroxyl groups is 1. The average Bonchev–Trinajstić information content (AvgIpc) is 2.63. The second-order valence-corrected chi connectivity index (χ2v) is 6.50. The number of carbonyl (C=O) groups excluding carboxylic acids is 1.